The molecule has 176 valence electrons. The van der Waals surface area contributed by atoms with Crippen molar-refractivity contribution in [3.8, 4) is 5.69 Å². The van der Waals surface area contributed by atoms with Gasteiger partial charge in [-0.1, -0.05) is 6.07 Å². The fraction of sp³-hybridized carbons (Fsp3) is 0.320. The molecule has 0 amide bonds. The Bertz CT molecular complexity index is 1140. The molecule has 9 heteroatoms. The normalized spacial score (nSPS) is 20.9. The molecule has 0 unspecified atom stereocenters. The molecule has 34 heavy (non-hydrogen) atoms. The van der Waals surface area contributed by atoms with Gasteiger partial charge in [-0.25, -0.2) is 4.79 Å². The minimum absolute atomic E-state index is 0.0717. The first kappa shape index (κ1) is 22.5. The first-order valence-corrected chi connectivity index (χ1v) is 11.8. The molecule has 4 heterocycles. The Labute approximate surface area is 203 Å². The van der Waals surface area contributed by atoms with Gasteiger partial charge in [0.15, 0.2) is 5.11 Å². The molecule has 2 N–H and O–H groups in total. The molecule has 2 aliphatic heterocycles. The summed E-state index contributed by atoms with van der Waals surface area (Å²) in [5.41, 5.74) is 3.15. The third-order valence-electron chi connectivity index (χ3n) is 6.43. The number of carboxylic acids is 1. The van der Waals surface area contributed by atoms with Crippen molar-refractivity contribution in [3.63, 3.8) is 0 Å². The van der Waals surface area contributed by atoms with Crippen LogP contribution in [0.3, 0.4) is 0 Å². The van der Waals surface area contributed by atoms with E-state index in [9.17, 15) is 9.90 Å². The van der Waals surface area contributed by atoms with Crippen LogP contribution in [0.5, 0.6) is 0 Å². The van der Waals surface area contributed by atoms with Gasteiger partial charge < -0.3 is 24.6 Å². The van der Waals surface area contributed by atoms with Gasteiger partial charge in [-0.3, -0.25) is 9.88 Å². The zero-order valence-electron chi connectivity index (χ0n) is 18.7. The van der Waals surface area contributed by atoms with E-state index in [2.05, 4.69) is 30.7 Å². The lowest BCUT2D eigenvalue weighted by Crippen LogP contribution is -2.42. The summed E-state index contributed by atoms with van der Waals surface area (Å²) in [6.45, 7) is 5.05. The second-order valence-electron chi connectivity index (χ2n) is 8.43. The van der Waals surface area contributed by atoms with Crippen LogP contribution in [0.1, 0.15) is 33.8 Å². The van der Waals surface area contributed by atoms with Crippen molar-refractivity contribution < 1.29 is 14.6 Å². The molecule has 2 aliphatic rings. The molecule has 0 bridgehead atoms. The number of hydrogen-bond acceptors (Lipinski definition) is 5. The molecule has 0 spiro atoms. The number of carbonyl (C=O) groups is 1. The Morgan fingerprint density at radius 1 is 1.09 bits per heavy atom. The molecule has 0 radical (unpaired) electrons. The van der Waals surface area contributed by atoms with Crippen molar-refractivity contribution in [3.05, 3.63) is 83.9 Å². The van der Waals surface area contributed by atoms with Crippen molar-refractivity contribution in [1.29, 1.82) is 0 Å². The third kappa shape index (κ3) is 4.54. The lowest BCUT2D eigenvalue weighted by Gasteiger charge is -2.32. The summed E-state index contributed by atoms with van der Waals surface area (Å²) >= 11 is 5.81. The first-order valence-electron chi connectivity index (χ1n) is 11.4. The Balaban J connectivity index is 1.49. The van der Waals surface area contributed by atoms with Gasteiger partial charge >= 0.3 is 5.97 Å². The molecule has 0 saturated carbocycles. The van der Waals surface area contributed by atoms with Gasteiger partial charge in [0.25, 0.3) is 0 Å². The van der Waals surface area contributed by atoms with E-state index in [1.165, 1.54) is 0 Å². The predicted molar refractivity (Wildman–Crippen MR) is 132 cm³/mol. The van der Waals surface area contributed by atoms with E-state index in [1.807, 2.05) is 42.6 Å². The van der Waals surface area contributed by atoms with Gasteiger partial charge in [-0.05, 0) is 60.7 Å². The van der Waals surface area contributed by atoms with Crippen LogP contribution >= 0.6 is 12.2 Å². The molecule has 2 aromatic heterocycles. The average Bonchev–Trinajstić information content (AvgIpc) is 3.48. The maximum Gasteiger partial charge on any atom is 0.335 e. The van der Waals surface area contributed by atoms with Crippen LogP contribution in [0.25, 0.3) is 5.69 Å². The highest BCUT2D eigenvalue weighted by atomic mass is 32.1. The number of morpholine rings is 1. The summed E-state index contributed by atoms with van der Waals surface area (Å²) in [5.74, 6) is -0.936. The van der Waals surface area contributed by atoms with E-state index in [-0.39, 0.29) is 17.6 Å². The fourth-order valence-electron chi connectivity index (χ4n) is 4.68. The molecular weight excluding hydrogens is 450 g/mol. The van der Waals surface area contributed by atoms with Crippen LogP contribution in [-0.2, 0) is 4.74 Å². The van der Waals surface area contributed by atoms with Crippen LogP contribution in [0.2, 0.25) is 0 Å². The largest absolute Gasteiger partial charge is 0.478 e. The number of aromatic carboxylic acids is 1. The van der Waals surface area contributed by atoms with E-state index in [0.29, 0.717) is 5.11 Å². The topological polar surface area (TPSA) is 82.9 Å². The first-order chi connectivity index (χ1) is 16.6. The fourth-order valence-corrected chi connectivity index (χ4v) is 5.01. The molecule has 2 atom stereocenters. The predicted octanol–water partition coefficient (Wildman–Crippen LogP) is 2.88. The number of hydrogen-bond donors (Lipinski definition) is 2. The lowest BCUT2D eigenvalue weighted by molar-refractivity contribution is 0.0349. The second kappa shape index (κ2) is 9.92. The van der Waals surface area contributed by atoms with Crippen LogP contribution in [0.15, 0.2) is 67.0 Å². The SMILES string of the molecule is O=C(O)c1ccc(-n2cccc2[C@@H]2[C@H](c3ccccn3)NC(=S)N2CCN2CCOCC2)cc1. The van der Waals surface area contributed by atoms with Crippen molar-refractivity contribution in [2.24, 2.45) is 0 Å². The number of ether oxygens (including phenoxy) is 1. The average molecular weight is 478 g/mol. The van der Waals surface area contributed by atoms with Crippen molar-refractivity contribution in [1.82, 2.24) is 24.7 Å². The number of nitrogens with zero attached hydrogens (tertiary/aromatic N) is 4. The van der Waals surface area contributed by atoms with E-state index in [0.717, 1.165) is 56.5 Å². The Morgan fingerprint density at radius 3 is 2.59 bits per heavy atom. The zero-order valence-corrected chi connectivity index (χ0v) is 19.5. The zero-order chi connectivity index (χ0) is 23.5. The molecule has 1 aromatic carbocycles. The standard InChI is InChI=1S/C25H27N5O3S/c31-24(32)18-6-8-19(9-7-18)29-11-3-5-21(29)23-22(20-4-1-2-10-26-20)27-25(34)30(23)13-12-28-14-16-33-17-15-28/h1-11,22-23H,12-17H2,(H,27,34)(H,31,32)/t22-,23+/m0/s1. The highest BCUT2D eigenvalue weighted by Crippen LogP contribution is 2.39. The number of benzene rings is 1. The van der Waals surface area contributed by atoms with Crippen LogP contribution in [-0.4, -0.2) is 74.9 Å². The summed E-state index contributed by atoms with van der Waals surface area (Å²) in [7, 11) is 0. The molecule has 2 saturated heterocycles. The van der Waals surface area contributed by atoms with Crippen molar-refractivity contribution in [2.45, 2.75) is 12.1 Å². The van der Waals surface area contributed by atoms with Crippen molar-refractivity contribution >= 4 is 23.3 Å². The van der Waals surface area contributed by atoms with E-state index in [1.54, 1.807) is 18.3 Å². The summed E-state index contributed by atoms with van der Waals surface area (Å²) in [4.78, 5) is 20.6. The van der Waals surface area contributed by atoms with Gasteiger partial charge in [0, 0.05) is 50.0 Å². The van der Waals surface area contributed by atoms with Crippen molar-refractivity contribution in [2.75, 3.05) is 39.4 Å². The summed E-state index contributed by atoms with van der Waals surface area (Å²) < 4.78 is 7.59. The smallest absolute Gasteiger partial charge is 0.335 e. The minimum Gasteiger partial charge on any atom is -0.478 e. The Kier molecular flexibility index (Phi) is 6.57. The summed E-state index contributed by atoms with van der Waals surface area (Å²) in [5, 5.41) is 13.5. The molecule has 0 aliphatic carbocycles. The third-order valence-corrected chi connectivity index (χ3v) is 6.79. The summed E-state index contributed by atoms with van der Waals surface area (Å²) in [6, 6.07) is 16.8. The number of rotatable bonds is 7. The Morgan fingerprint density at radius 2 is 1.88 bits per heavy atom. The maximum atomic E-state index is 11.3. The molecule has 3 aromatic rings. The lowest BCUT2D eigenvalue weighted by atomic mass is 10.0. The van der Waals surface area contributed by atoms with E-state index >= 15 is 0 Å². The number of pyridine rings is 1. The van der Waals surface area contributed by atoms with Crippen LogP contribution < -0.4 is 5.32 Å². The molecule has 8 nitrogen and oxygen atoms in total. The van der Waals surface area contributed by atoms with Crippen LogP contribution in [0.4, 0.5) is 0 Å². The van der Waals surface area contributed by atoms with Gasteiger partial charge in [0.2, 0.25) is 0 Å². The van der Waals surface area contributed by atoms with Gasteiger partial charge in [-0.2, -0.15) is 0 Å². The van der Waals surface area contributed by atoms with Gasteiger partial charge in [0.05, 0.1) is 36.6 Å². The molecular formula is C25H27N5O3S. The molecule has 2 fully saturated rings. The number of thiocarbonyl (C=S) groups is 1. The highest BCUT2D eigenvalue weighted by molar-refractivity contribution is 7.80. The highest BCUT2D eigenvalue weighted by Gasteiger charge is 2.41. The second-order valence-corrected chi connectivity index (χ2v) is 8.82. The van der Waals surface area contributed by atoms with Crippen LogP contribution in [0, 0.1) is 0 Å². The number of aromatic nitrogens is 2. The summed E-state index contributed by atoms with van der Waals surface area (Å²) in [6.07, 6.45) is 3.80. The van der Waals surface area contributed by atoms with Gasteiger partial charge in [0.1, 0.15) is 0 Å². The monoisotopic (exact) mass is 477 g/mol. The number of carboxylic acid groups (broad SMARTS) is 1. The Hall–Kier alpha value is -3.27. The van der Waals surface area contributed by atoms with E-state index < -0.39 is 5.97 Å². The quantitative estimate of drug-likeness (QED) is 0.503. The van der Waals surface area contributed by atoms with E-state index in [4.69, 9.17) is 17.0 Å². The molecule has 5 rings (SSSR count). The maximum absolute atomic E-state index is 11.3. The van der Waals surface area contributed by atoms with Gasteiger partial charge in [-0.15, -0.1) is 0 Å². The number of nitrogens with one attached hydrogen (secondary N) is 1. The minimum atomic E-state index is -0.936.